The summed E-state index contributed by atoms with van der Waals surface area (Å²) in [6, 6.07) is 2.29. The van der Waals surface area contributed by atoms with Gasteiger partial charge in [-0.25, -0.2) is 0 Å². The molecule has 120 valence electrons. The third kappa shape index (κ3) is 4.29. The fourth-order valence-electron chi connectivity index (χ4n) is 2.76. The molecule has 0 unspecified atom stereocenters. The number of rotatable bonds is 6. The Morgan fingerprint density at radius 3 is 3.00 bits per heavy atom. The number of hydrogen-bond donors (Lipinski definition) is 3. The van der Waals surface area contributed by atoms with Crippen LogP contribution in [-0.2, 0) is 17.6 Å². The van der Waals surface area contributed by atoms with E-state index in [1.54, 1.807) is 11.3 Å². The Kier molecular flexibility index (Phi) is 5.95. The lowest BCUT2D eigenvalue weighted by Crippen LogP contribution is -3.09. The van der Waals surface area contributed by atoms with Crippen molar-refractivity contribution < 1.29 is 15.0 Å². The van der Waals surface area contributed by atoms with Crippen LogP contribution in [0, 0.1) is 17.2 Å². The standard InChI is InChI=1S/C16H24N4OS/c1-11-4-5-12-13(9-17)16(22-14(12)8-11)19-15(21)10-18-6-7-20(2)3/h11,18H,4-8,10H2,1-3H3,(H,19,21)/p+2/t11-/m1/s1. The first-order valence-electron chi connectivity index (χ1n) is 7.96. The predicted molar refractivity (Wildman–Crippen MR) is 88.2 cm³/mol. The maximum Gasteiger partial charge on any atom is 0.280 e. The number of carbonyl (C=O) groups excluding carboxylic acids is 1. The predicted octanol–water partition coefficient (Wildman–Crippen LogP) is -0.609. The van der Waals surface area contributed by atoms with Crippen LogP contribution in [-0.4, -0.2) is 39.6 Å². The van der Waals surface area contributed by atoms with E-state index in [0.717, 1.165) is 37.4 Å². The minimum atomic E-state index is -0.0168. The van der Waals surface area contributed by atoms with Gasteiger partial charge in [0.15, 0.2) is 6.54 Å². The number of amides is 1. The van der Waals surface area contributed by atoms with Gasteiger partial charge in [-0.05, 0) is 30.7 Å². The number of hydrogen-bond acceptors (Lipinski definition) is 3. The van der Waals surface area contributed by atoms with E-state index in [0.29, 0.717) is 18.0 Å². The highest BCUT2D eigenvalue weighted by atomic mass is 32.1. The van der Waals surface area contributed by atoms with E-state index >= 15 is 0 Å². The highest BCUT2D eigenvalue weighted by molar-refractivity contribution is 7.16. The molecular weight excluding hydrogens is 296 g/mol. The molecule has 4 N–H and O–H groups in total. The molecule has 6 heteroatoms. The molecule has 1 amide bonds. The Labute approximate surface area is 136 Å². The average Bonchev–Trinajstić information content (AvgIpc) is 2.79. The molecule has 1 aliphatic rings. The third-order valence-electron chi connectivity index (χ3n) is 4.05. The smallest absolute Gasteiger partial charge is 0.280 e. The van der Waals surface area contributed by atoms with Gasteiger partial charge in [0.2, 0.25) is 0 Å². The number of nitrogens with one attached hydrogen (secondary N) is 2. The van der Waals surface area contributed by atoms with Crippen LogP contribution in [0.1, 0.15) is 29.3 Å². The number of likely N-dealkylation sites (N-methyl/N-ethyl adjacent to an activating group) is 1. The molecule has 0 radical (unpaired) electrons. The summed E-state index contributed by atoms with van der Waals surface area (Å²) in [5, 5.41) is 15.1. The van der Waals surface area contributed by atoms with Gasteiger partial charge in [0, 0.05) is 4.88 Å². The van der Waals surface area contributed by atoms with Crippen molar-refractivity contribution in [2.75, 3.05) is 39.0 Å². The number of nitrogens with two attached hydrogens (primary N) is 1. The van der Waals surface area contributed by atoms with Crippen LogP contribution in [0.2, 0.25) is 0 Å². The summed E-state index contributed by atoms with van der Waals surface area (Å²) in [7, 11) is 4.20. The van der Waals surface area contributed by atoms with E-state index in [1.165, 1.54) is 15.3 Å². The van der Waals surface area contributed by atoms with Crippen LogP contribution in [0.5, 0.6) is 0 Å². The number of carbonyl (C=O) groups is 1. The first-order valence-corrected chi connectivity index (χ1v) is 8.78. The lowest BCUT2D eigenvalue weighted by atomic mass is 9.89. The normalized spacial score (nSPS) is 17.1. The Morgan fingerprint density at radius 1 is 1.55 bits per heavy atom. The van der Waals surface area contributed by atoms with E-state index in [2.05, 4.69) is 32.4 Å². The SMILES string of the molecule is C[C@@H]1CCc2c(sc(NC(=O)C[NH2+]CC[NH+](C)C)c2C#N)C1. The average molecular weight is 322 g/mol. The second kappa shape index (κ2) is 7.73. The highest BCUT2D eigenvalue weighted by Crippen LogP contribution is 2.39. The zero-order valence-corrected chi connectivity index (χ0v) is 14.5. The highest BCUT2D eigenvalue weighted by Gasteiger charge is 2.24. The van der Waals surface area contributed by atoms with Gasteiger partial charge in [0.05, 0.1) is 19.7 Å². The van der Waals surface area contributed by atoms with Gasteiger partial charge in [-0.2, -0.15) is 5.26 Å². The molecule has 0 aromatic carbocycles. The second-order valence-electron chi connectivity index (χ2n) is 6.45. The summed E-state index contributed by atoms with van der Waals surface area (Å²) in [6.07, 6.45) is 3.12. The van der Waals surface area contributed by atoms with Crippen molar-refractivity contribution in [1.29, 1.82) is 5.26 Å². The van der Waals surface area contributed by atoms with Crippen molar-refractivity contribution in [3.63, 3.8) is 0 Å². The molecular formula is C16H26N4OS+2. The fraction of sp³-hybridized carbons (Fsp3) is 0.625. The summed E-state index contributed by atoms with van der Waals surface area (Å²) in [6.45, 7) is 4.62. The Balaban J connectivity index is 1.95. The Hall–Kier alpha value is -1.42. The number of anilines is 1. The van der Waals surface area contributed by atoms with E-state index in [1.807, 2.05) is 5.32 Å². The van der Waals surface area contributed by atoms with Crippen LogP contribution in [0.4, 0.5) is 5.00 Å². The molecule has 0 aliphatic heterocycles. The summed E-state index contributed by atoms with van der Waals surface area (Å²) >= 11 is 1.59. The van der Waals surface area contributed by atoms with Gasteiger partial charge in [0.1, 0.15) is 24.2 Å². The maximum absolute atomic E-state index is 12.1. The molecule has 0 bridgehead atoms. The van der Waals surface area contributed by atoms with Crippen molar-refractivity contribution in [2.24, 2.45) is 5.92 Å². The lowest BCUT2D eigenvalue weighted by Gasteiger charge is -2.17. The molecule has 1 heterocycles. The maximum atomic E-state index is 12.1. The van der Waals surface area contributed by atoms with E-state index in [-0.39, 0.29) is 5.91 Å². The van der Waals surface area contributed by atoms with Crippen LogP contribution in [0.25, 0.3) is 0 Å². The number of nitriles is 1. The summed E-state index contributed by atoms with van der Waals surface area (Å²) < 4.78 is 0. The fourth-order valence-corrected chi connectivity index (χ4v) is 4.14. The van der Waals surface area contributed by atoms with Gasteiger partial charge in [-0.15, -0.1) is 11.3 Å². The number of thiophene rings is 1. The molecule has 0 fully saturated rings. The van der Waals surface area contributed by atoms with Crippen molar-refractivity contribution in [1.82, 2.24) is 0 Å². The molecule has 1 atom stereocenters. The Morgan fingerprint density at radius 2 is 2.32 bits per heavy atom. The second-order valence-corrected chi connectivity index (χ2v) is 7.56. The molecule has 1 aliphatic carbocycles. The number of fused-ring (bicyclic) bond motifs is 1. The van der Waals surface area contributed by atoms with Crippen molar-refractivity contribution in [3.8, 4) is 6.07 Å². The Bertz CT molecular complexity index is 573. The van der Waals surface area contributed by atoms with Crippen LogP contribution >= 0.6 is 11.3 Å². The van der Waals surface area contributed by atoms with Gasteiger partial charge in [-0.3, -0.25) is 4.79 Å². The monoisotopic (exact) mass is 322 g/mol. The van der Waals surface area contributed by atoms with E-state index in [9.17, 15) is 10.1 Å². The summed E-state index contributed by atoms with van der Waals surface area (Å²) in [4.78, 5) is 14.7. The van der Waals surface area contributed by atoms with E-state index in [4.69, 9.17) is 0 Å². The molecule has 1 aromatic heterocycles. The van der Waals surface area contributed by atoms with Crippen molar-refractivity contribution in [3.05, 3.63) is 16.0 Å². The van der Waals surface area contributed by atoms with Gasteiger partial charge in [0.25, 0.3) is 5.91 Å². The third-order valence-corrected chi connectivity index (χ3v) is 5.22. The van der Waals surface area contributed by atoms with E-state index < -0.39 is 0 Å². The van der Waals surface area contributed by atoms with Crippen LogP contribution in [0.15, 0.2) is 0 Å². The topological polar surface area (TPSA) is 73.9 Å². The molecule has 0 saturated heterocycles. The minimum Gasteiger partial charge on any atom is -0.335 e. The van der Waals surface area contributed by atoms with Gasteiger partial charge >= 0.3 is 0 Å². The molecule has 2 rings (SSSR count). The quantitative estimate of drug-likeness (QED) is 0.612. The minimum absolute atomic E-state index is 0.0168. The zero-order valence-electron chi connectivity index (χ0n) is 13.7. The number of nitrogens with zero attached hydrogens (tertiary/aromatic N) is 1. The van der Waals surface area contributed by atoms with Gasteiger partial charge in [-0.1, -0.05) is 6.92 Å². The number of quaternary nitrogens is 2. The molecule has 22 heavy (non-hydrogen) atoms. The lowest BCUT2D eigenvalue weighted by molar-refractivity contribution is -0.873. The van der Waals surface area contributed by atoms with Gasteiger partial charge < -0.3 is 15.5 Å². The molecule has 1 aromatic rings. The molecule has 0 spiro atoms. The zero-order chi connectivity index (χ0) is 16.1. The van der Waals surface area contributed by atoms with Crippen LogP contribution < -0.4 is 15.5 Å². The van der Waals surface area contributed by atoms with Crippen LogP contribution in [0.3, 0.4) is 0 Å². The first-order chi connectivity index (χ1) is 10.5. The first kappa shape index (κ1) is 16.9. The summed E-state index contributed by atoms with van der Waals surface area (Å²) in [5.74, 6) is 0.653. The largest absolute Gasteiger partial charge is 0.335 e. The van der Waals surface area contributed by atoms with Crippen molar-refractivity contribution in [2.45, 2.75) is 26.2 Å². The molecule has 5 nitrogen and oxygen atoms in total. The van der Waals surface area contributed by atoms with Crippen molar-refractivity contribution >= 4 is 22.2 Å². The summed E-state index contributed by atoms with van der Waals surface area (Å²) in [5.41, 5.74) is 1.86. The molecule has 0 saturated carbocycles.